The molecule has 1 aromatic carbocycles. The molecule has 4 heteroatoms. The summed E-state index contributed by atoms with van der Waals surface area (Å²) >= 11 is 3.25. The van der Waals surface area contributed by atoms with Crippen LogP contribution >= 0.6 is 23.5 Å². The van der Waals surface area contributed by atoms with Crippen LogP contribution in [0.4, 0.5) is 0 Å². The van der Waals surface area contributed by atoms with Gasteiger partial charge in [-0.15, -0.1) is 23.5 Å². The maximum Gasteiger partial charge on any atom is 0.240 e. The molecule has 0 saturated carbocycles. The van der Waals surface area contributed by atoms with E-state index in [-0.39, 0.29) is 10.5 Å². The molecular weight excluding hydrogens is 214 g/mol. The predicted molar refractivity (Wildman–Crippen MR) is 62.0 cm³/mol. The van der Waals surface area contributed by atoms with E-state index in [0.29, 0.717) is 0 Å². The highest BCUT2D eigenvalue weighted by molar-refractivity contribution is 8.17. The standard InChI is InChI=1S/C10H11NOS2/c11-9(12)10-13-5-7-3-1-2-4-8(7)6-14-10/h1-4,10H,5-6H2,(H2,11,12). The Kier molecular flexibility index (Phi) is 3.03. The van der Waals surface area contributed by atoms with Gasteiger partial charge in [0.15, 0.2) is 0 Å². The summed E-state index contributed by atoms with van der Waals surface area (Å²) in [5.41, 5.74) is 7.95. The Labute approximate surface area is 91.6 Å². The number of nitrogens with two attached hydrogens (primary N) is 1. The molecule has 0 spiro atoms. The van der Waals surface area contributed by atoms with Gasteiger partial charge in [0.05, 0.1) is 0 Å². The molecule has 0 aromatic heterocycles. The number of hydrogen-bond acceptors (Lipinski definition) is 3. The maximum absolute atomic E-state index is 11.0. The van der Waals surface area contributed by atoms with Crippen LogP contribution in [0.15, 0.2) is 24.3 Å². The topological polar surface area (TPSA) is 43.1 Å². The number of carbonyl (C=O) groups excluding carboxylic acids is 1. The van der Waals surface area contributed by atoms with Gasteiger partial charge in [-0.2, -0.15) is 0 Å². The van der Waals surface area contributed by atoms with Crippen molar-refractivity contribution >= 4 is 29.4 Å². The summed E-state index contributed by atoms with van der Waals surface area (Å²) in [6.45, 7) is 0. The molecule has 2 rings (SSSR count). The van der Waals surface area contributed by atoms with Crippen molar-refractivity contribution < 1.29 is 4.79 Å². The highest BCUT2D eigenvalue weighted by Gasteiger charge is 2.20. The third-order valence-corrected chi connectivity index (χ3v) is 4.97. The highest BCUT2D eigenvalue weighted by atomic mass is 32.2. The van der Waals surface area contributed by atoms with Crippen LogP contribution in [-0.4, -0.2) is 10.5 Å². The molecule has 0 unspecified atom stereocenters. The van der Waals surface area contributed by atoms with Gasteiger partial charge in [0.1, 0.15) is 4.58 Å². The molecule has 0 bridgehead atoms. The van der Waals surface area contributed by atoms with Gasteiger partial charge in [-0.25, -0.2) is 0 Å². The van der Waals surface area contributed by atoms with Crippen LogP contribution in [0.3, 0.4) is 0 Å². The van der Waals surface area contributed by atoms with Gasteiger partial charge in [0.25, 0.3) is 0 Å². The Balaban J connectivity index is 2.18. The lowest BCUT2D eigenvalue weighted by Crippen LogP contribution is -2.22. The molecule has 1 aliphatic rings. The fourth-order valence-corrected chi connectivity index (χ4v) is 3.73. The van der Waals surface area contributed by atoms with Gasteiger partial charge in [0.2, 0.25) is 5.91 Å². The number of carbonyl (C=O) groups is 1. The number of thioether (sulfide) groups is 2. The molecule has 14 heavy (non-hydrogen) atoms. The molecule has 1 aromatic rings. The van der Waals surface area contributed by atoms with Crippen molar-refractivity contribution in [3.05, 3.63) is 35.4 Å². The van der Waals surface area contributed by atoms with Crippen LogP contribution in [0.25, 0.3) is 0 Å². The van der Waals surface area contributed by atoms with E-state index in [1.54, 1.807) is 23.5 Å². The average molecular weight is 225 g/mol. The molecule has 1 heterocycles. The smallest absolute Gasteiger partial charge is 0.240 e. The van der Waals surface area contributed by atoms with Crippen molar-refractivity contribution in [3.8, 4) is 0 Å². The van der Waals surface area contributed by atoms with E-state index in [2.05, 4.69) is 12.1 Å². The number of rotatable bonds is 1. The van der Waals surface area contributed by atoms with Gasteiger partial charge < -0.3 is 5.73 Å². The largest absolute Gasteiger partial charge is 0.368 e. The molecule has 0 radical (unpaired) electrons. The van der Waals surface area contributed by atoms with E-state index in [9.17, 15) is 4.79 Å². The highest BCUT2D eigenvalue weighted by Crippen LogP contribution is 2.35. The summed E-state index contributed by atoms with van der Waals surface area (Å²) in [7, 11) is 0. The zero-order valence-corrected chi connectivity index (χ0v) is 9.24. The number of hydrogen-bond donors (Lipinski definition) is 1. The van der Waals surface area contributed by atoms with Gasteiger partial charge in [-0.05, 0) is 11.1 Å². The summed E-state index contributed by atoms with van der Waals surface area (Å²) in [5.74, 6) is 1.56. The first kappa shape index (κ1) is 9.93. The van der Waals surface area contributed by atoms with Crippen molar-refractivity contribution in [1.29, 1.82) is 0 Å². The predicted octanol–water partition coefficient (Wildman–Crippen LogP) is 1.98. The molecular formula is C10H11NOS2. The summed E-state index contributed by atoms with van der Waals surface area (Å²) in [6, 6.07) is 8.31. The SMILES string of the molecule is NC(=O)C1SCc2ccccc2CS1. The number of benzene rings is 1. The second-order valence-electron chi connectivity index (χ2n) is 3.13. The van der Waals surface area contributed by atoms with Gasteiger partial charge in [0, 0.05) is 11.5 Å². The number of fused-ring (bicyclic) bond motifs is 1. The lowest BCUT2D eigenvalue weighted by Gasteiger charge is -2.06. The van der Waals surface area contributed by atoms with E-state index in [4.69, 9.17) is 5.73 Å². The summed E-state index contributed by atoms with van der Waals surface area (Å²) in [5, 5.41) is 0. The van der Waals surface area contributed by atoms with Crippen LogP contribution in [-0.2, 0) is 16.3 Å². The normalized spacial score (nSPS) is 17.1. The van der Waals surface area contributed by atoms with Crippen molar-refractivity contribution in [2.24, 2.45) is 5.73 Å². The monoisotopic (exact) mass is 225 g/mol. The molecule has 74 valence electrons. The summed E-state index contributed by atoms with van der Waals surface area (Å²) < 4.78 is -0.0950. The number of primary amides is 1. The zero-order chi connectivity index (χ0) is 9.97. The minimum absolute atomic E-state index is 0.0950. The lowest BCUT2D eigenvalue weighted by molar-refractivity contribution is -0.116. The first-order chi connectivity index (χ1) is 6.77. The number of amides is 1. The summed E-state index contributed by atoms with van der Waals surface area (Å²) in [6.07, 6.45) is 0. The minimum atomic E-state index is -0.215. The average Bonchev–Trinajstić information content (AvgIpc) is 2.39. The van der Waals surface area contributed by atoms with E-state index in [1.807, 2.05) is 12.1 Å². The Hall–Kier alpha value is -0.610. The van der Waals surface area contributed by atoms with E-state index in [1.165, 1.54) is 11.1 Å². The quantitative estimate of drug-likeness (QED) is 0.794. The molecule has 0 saturated heterocycles. The van der Waals surface area contributed by atoms with E-state index >= 15 is 0 Å². The fourth-order valence-electron chi connectivity index (χ4n) is 1.38. The first-order valence-electron chi connectivity index (χ1n) is 4.36. The maximum atomic E-state index is 11.0. The third-order valence-electron chi connectivity index (χ3n) is 2.13. The van der Waals surface area contributed by atoms with Crippen LogP contribution in [0.1, 0.15) is 11.1 Å². The first-order valence-corrected chi connectivity index (χ1v) is 6.46. The fraction of sp³-hybridized carbons (Fsp3) is 0.300. The Bertz CT molecular complexity index is 327. The molecule has 0 atom stereocenters. The Morgan fingerprint density at radius 3 is 2.14 bits per heavy atom. The lowest BCUT2D eigenvalue weighted by atomic mass is 10.1. The summed E-state index contributed by atoms with van der Waals surface area (Å²) in [4.78, 5) is 11.0. The van der Waals surface area contributed by atoms with Gasteiger partial charge >= 0.3 is 0 Å². The van der Waals surface area contributed by atoms with Crippen molar-refractivity contribution in [1.82, 2.24) is 0 Å². The zero-order valence-electron chi connectivity index (χ0n) is 7.60. The Morgan fingerprint density at radius 2 is 1.71 bits per heavy atom. The van der Waals surface area contributed by atoms with Gasteiger partial charge in [-0.3, -0.25) is 4.79 Å². The van der Waals surface area contributed by atoms with Crippen molar-refractivity contribution in [3.63, 3.8) is 0 Å². The molecule has 0 aliphatic carbocycles. The molecule has 2 N–H and O–H groups in total. The van der Waals surface area contributed by atoms with Crippen LogP contribution in [0, 0.1) is 0 Å². The molecule has 2 nitrogen and oxygen atoms in total. The van der Waals surface area contributed by atoms with Crippen molar-refractivity contribution in [2.45, 2.75) is 16.1 Å². The van der Waals surface area contributed by atoms with Crippen molar-refractivity contribution in [2.75, 3.05) is 0 Å². The molecule has 0 fully saturated rings. The molecule has 1 aliphatic heterocycles. The van der Waals surface area contributed by atoms with E-state index < -0.39 is 0 Å². The third kappa shape index (κ3) is 2.07. The van der Waals surface area contributed by atoms with Crippen LogP contribution < -0.4 is 5.73 Å². The molecule has 1 amide bonds. The minimum Gasteiger partial charge on any atom is -0.368 e. The Morgan fingerprint density at radius 1 is 1.21 bits per heavy atom. The second kappa shape index (κ2) is 4.28. The van der Waals surface area contributed by atoms with Crippen LogP contribution in [0.5, 0.6) is 0 Å². The van der Waals surface area contributed by atoms with E-state index in [0.717, 1.165) is 11.5 Å². The second-order valence-corrected chi connectivity index (χ2v) is 5.61. The van der Waals surface area contributed by atoms with Crippen LogP contribution in [0.2, 0.25) is 0 Å². The van der Waals surface area contributed by atoms with Gasteiger partial charge in [-0.1, -0.05) is 24.3 Å².